The Hall–Kier alpha value is -2.55. The molecule has 2 aromatic carbocycles. The number of carbonyl (C=O) groups excluding carboxylic acids is 1. The molecule has 0 saturated heterocycles. The minimum Gasteiger partial charge on any atom is -0.351 e. The van der Waals surface area contributed by atoms with Crippen molar-refractivity contribution in [3.63, 3.8) is 0 Å². The monoisotopic (exact) mass is 278 g/mol. The van der Waals surface area contributed by atoms with Crippen LogP contribution < -0.4 is 5.32 Å². The predicted octanol–water partition coefficient (Wildman–Crippen LogP) is 4.05. The highest BCUT2D eigenvalue weighted by Crippen LogP contribution is 2.19. The molecule has 0 aliphatic rings. The Labute approximate surface area is 124 Å². The van der Waals surface area contributed by atoms with Gasteiger partial charge in [0.2, 0.25) is 0 Å². The Morgan fingerprint density at radius 3 is 2.57 bits per heavy atom. The van der Waals surface area contributed by atoms with E-state index in [1.165, 1.54) is 11.1 Å². The number of fused-ring (bicyclic) bond motifs is 1. The summed E-state index contributed by atoms with van der Waals surface area (Å²) in [6.07, 6.45) is 2.00. The standard InChI is InChI=1S/C18H18N2O/c1-12-4-6-16(10-13(12)2)19-18(21)15-5-7-17-14(11-15)8-9-20(17)3/h4-11H,1-3H3,(H,19,21). The number of anilines is 1. The van der Waals surface area contributed by atoms with E-state index in [4.69, 9.17) is 0 Å². The number of amides is 1. The number of rotatable bonds is 2. The van der Waals surface area contributed by atoms with Crippen LogP contribution in [0, 0.1) is 13.8 Å². The fraction of sp³-hybridized carbons (Fsp3) is 0.167. The molecule has 3 nitrogen and oxygen atoms in total. The number of hydrogen-bond donors (Lipinski definition) is 1. The first-order valence-electron chi connectivity index (χ1n) is 6.98. The molecular formula is C18H18N2O. The van der Waals surface area contributed by atoms with Crippen molar-refractivity contribution in [3.05, 3.63) is 65.4 Å². The van der Waals surface area contributed by atoms with Gasteiger partial charge in [0, 0.05) is 35.4 Å². The molecule has 3 heteroatoms. The maximum absolute atomic E-state index is 12.3. The van der Waals surface area contributed by atoms with E-state index in [0.29, 0.717) is 5.56 Å². The molecule has 21 heavy (non-hydrogen) atoms. The van der Waals surface area contributed by atoms with Gasteiger partial charge < -0.3 is 9.88 Å². The highest BCUT2D eigenvalue weighted by Gasteiger charge is 2.08. The summed E-state index contributed by atoms with van der Waals surface area (Å²) in [5.74, 6) is -0.0796. The summed E-state index contributed by atoms with van der Waals surface area (Å²) in [5.41, 5.74) is 5.02. The number of carbonyl (C=O) groups is 1. The average Bonchev–Trinajstić information content (AvgIpc) is 2.84. The topological polar surface area (TPSA) is 34.0 Å². The number of aryl methyl sites for hydroxylation is 3. The molecule has 1 heterocycles. The molecule has 0 saturated carbocycles. The predicted molar refractivity (Wildman–Crippen MR) is 86.8 cm³/mol. The summed E-state index contributed by atoms with van der Waals surface area (Å²) in [6, 6.07) is 13.7. The van der Waals surface area contributed by atoms with Gasteiger partial charge in [0.1, 0.15) is 0 Å². The quantitative estimate of drug-likeness (QED) is 0.754. The Morgan fingerprint density at radius 1 is 1.00 bits per heavy atom. The van der Waals surface area contributed by atoms with Crippen LogP contribution in [0.1, 0.15) is 21.5 Å². The van der Waals surface area contributed by atoms with Gasteiger partial charge in [-0.1, -0.05) is 6.07 Å². The van der Waals surface area contributed by atoms with E-state index in [1.54, 1.807) is 0 Å². The third-order valence-electron chi connectivity index (χ3n) is 3.91. The van der Waals surface area contributed by atoms with Crippen LogP contribution in [-0.4, -0.2) is 10.5 Å². The molecule has 3 aromatic rings. The van der Waals surface area contributed by atoms with E-state index in [2.05, 4.69) is 12.2 Å². The summed E-state index contributed by atoms with van der Waals surface area (Å²) in [6.45, 7) is 4.10. The molecule has 0 radical (unpaired) electrons. The van der Waals surface area contributed by atoms with Gasteiger partial charge in [-0.2, -0.15) is 0 Å². The Bertz CT molecular complexity index is 830. The summed E-state index contributed by atoms with van der Waals surface area (Å²) < 4.78 is 2.04. The molecule has 3 rings (SSSR count). The van der Waals surface area contributed by atoms with Gasteiger partial charge in [0.15, 0.2) is 0 Å². The van der Waals surface area contributed by atoms with E-state index in [1.807, 2.05) is 67.2 Å². The molecule has 0 bridgehead atoms. The van der Waals surface area contributed by atoms with E-state index in [0.717, 1.165) is 16.6 Å². The third-order valence-corrected chi connectivity index (χ3v) is 3.91. The van der Waals surface area contributed by atoms with Gasteiger partial charge in [-0.3, -0.25) is 4.79 Å². The van der Waals surface area contributed by atoms with Crippen molar-refractivity contribution in [1.29, 1.82) is 0 Å². The number of aromatic nitrogens is 1. The van der Waals surface area contributed by atoms with Crippen LogP contribution in [0.5, 0.6) is 0 Å². The average molecular weight is 278 g/mol. The van der Waals surface area contributed by atoms with Crippen molar-refractivity contribution in [2.24, 2.45) is 7.05 Å². The lowest BCUT2D eigenvalue weighted by Crippen LogP contribution is -2.11. The first-order valence-corrected chi connectivity index (χ1v) is 6.98. The van der Waals surface area contributed by atoms with Gasteiger partial charge in [0.05, 0.1) is 0 Å². The van der Waals surface area contributed by atoms with Crippen LogP contribution in [0.25, 0.3) is 10.9 Å². The number of nitrogens with one attached hydrogen (secondary N) is 1. The van der Waals surface area contributed by atoms with Crippen LogP contribution in [0.2, 0.25) is 0 Å². The summed E-state index contributed by atoms with van der Waals surface area (Å²) >= 11 is 0. The van der Waals surface area contributed by atoms with Crippen molar-refractivity contribution in [3.8, 4) is 0 Å². The SMILES string of the molecule is Cc1ccc(NC(=O)c2ccc3c(ccn3C)c2)cc1C. The molecule has 0 spiro atoms. The largest absolute Gasteiger partial charge is 0.351 e. The first kappa shape index (κ1) is 13.4. The maximum atomic E-state index is 12.3. The summed E-state index contributed by atoms with van der Waals surface area (Å²) in [7, 11) is 2.00. The van der Waals surface area contributed by atoms with Crippen molar-refractivity contribution in [2.45, 2.75) is 13.8 Å². The number of hydrogen-bond acceptors (Lipinski definition) is 1. The Kier molecular flexibility index (Phi) is 3.26. The smallest absolute Gasteiger partial charge is 0.255 e. The van der Waals surface area contributed by atoms with Gasteiger partial charge >= 0.3 is 0 Å². The molecular weight excluding hydrogens is 260 g/mol. The number of benzene rings is 2. The Balaban J connectivity index is 1.87. The van der Waals surface area contributed by atoms with Gasteiger partial charge in [-0.15, -0.1) is 0 Å². The lowest BCUT2D eigenvalue weighted by Gasteiger charge is -2.08. The van der Waals surface area contributed by atoms with Crippen LogP contribution in [-0.2, 0) is 7.05 Å². The first-order chi connectivity index (χ1) is 10.0. The fourth-order valence-corrected chi connectivity index (χ4v) is 2.45. The van der Waals surface area contributed by atoms with E-state index in [9.17, 15) is 4.79 Å². The highest BCUT2D eigenvalue weighted by atomic mass is 16.1. The van der Waals surface area contributed by atoms with Crippen molar-refractivity contribution in [2.75, 3.05) is 5.32 Å². The second-order valence-electron chi connectivity index (χ2n) is 5.45. The lowest BCUT2D eigenvalue weighted by atomic mass is 10.1. The van der Waals surface area contributed by atoms with Crippen LogP contribution in [0.15, 0.2) is 48.7 Å². The molecule has 1 amide bonds. The highest BCUT2D eigenvalue weighted by molar-refractivity contribution is 6.06. The van der Waals surface area contributed by atoms with E-state index < -0.39 is 0 Å². The molecule has 0 unspecified atom stereocenters. The third kappa shape index (κ3) is 2.55. The number of nitrogens with zero attached hydrogens (tertiary/aromatic N) is 1. The van der Waals surface area contributed by atoms with Crippen LogP contribution >= 0.6 is 0 Å². The molecule has 106 valence electrons. The molecule has 1 aromatic heterocycles. The zero-order valence-corrected chi connectivity index (χ0v) is 12.5. The zero-order valence-electron chi connectivity index (χ0n) is 12.5. The molecule has 0 atom stereocenters. The van der Waals surface area contributed by atoms with E-state index >= 15 is 0 Å². The summed E-state index contributed by atoms with van der Waals surface area (Å²) in [4.78, 5) is 12.3. The lowest BCUT2D eigenvalue weighted by molar-refractivity contribution is 0.102. The zero-order chi connectivity index (χ0) is 15.0. The normalized spacial score (nSPS) is 10.8. The Morgan fingerprint density at radius 2 is 1.81 bits per heavy atom. The van der Waals surface area contributed by atoms with Crippen molar-refractivity contribution < 1.29 is 4.79 Å². The van der Waals surface area contributed by atoms with Crippen LogP contribution in [0.3, 0.4) is 0 Å². The maximum Gasteiger partial charge on any atom is 0.255 e. The van der Waals surface area contributed by atoms with E-state index in [-0.39, 0.29) is 5.91 Å². The molecule has 0 aliphatic carbocycles. The summed E-state index contributed by atoms with van der Waals surface area (Å²) in [5, 5.41) is 4.03. The molecule has 0 aliphatic heterocycles. The minimum absolute atomic E-state index is 0.0796. The molecule has 0 fully saturated rings. The molecule has 1 N–H and O–H groups in total. The minimum atomic E-state index is -0.0796. The fourth-order valence-electron chi connectivity index (χ4n) is 2.45. The van der Waals surface area contributed by atoms with Gasteiger partial charge in [0.25, 0.3) is 5.91 Å². The van der Waals surface area contributed by atoms with Crippen LogP contribution in [0.4, 0.5) is 5.69 Å². The van der Waals surface area contributed by atoms with Gasteiger partial charge in [-0.25, -0.2) is 0 Å². The van der Waals surface area contributed by atoms with Crippen molar-refractivity contribution >= 4 is 22.5 Å². The second-order valence-corrected chi connectivity index (χ2v) is 5.45. The second kappa shape index (κ2) is 5.09. The van der Waals surface area contributed by atoms with Gasteiger partial charge in [-0.05, 0) is 61.4 Å². The van der Waals surface area contributed by atoms with Crippen molar-refractivity contribution in [1.82, 2.24) is 4.57 Å².